The van der Waals surface area contributed by atoms with E-state index in [1.165, 1.54) is 18.2 Å². The van der Waals surface area contributed by atoms with Crippen LogP contribution in [0.5, 0.6) is 0 Å². The van der Waals surface area contributed by atoms with Gasteiger partial charge in [0.2, 0.25) is 0 Å². The van der Waals surface area contributed by atoms with Crippen LogP contribution >= 0.6 is 27.5 Å². The first-order valence-corrected chi connectivity index (χ1v) is 4.58. The minimum absolute atomic E-state index is 0.194. The molecule has 0 unspecified atom stereocenters. The summed E-state index contributed by atoms with van der Waals surface area (Å²) < 4.78 is 26.1. The van der Waals surface area contributed by atoms with Crippen molar-refractivity contribution in [2.75, 3.05) is 6.61 Å². The molecule has 5 heteroatoms. The average molecular weight is 271 g/mol. The van der Waals surface area contributed by atoms with E-state index in [2.05, 4.69) is 15.9 Å². The molecule has 72 valence electrons. The molecule has 0 aliphatic carbocycles. The quantitative estimate of drug-likeness (QED) is 0.876. The normalized spacial score (nSPS) is 11.8. The van der Waals surface area contributed by atoms with Gasteiger partial charge >= 0.3 is 0 Å². The Morgan fingerprint density at radius 3 is 2.54 bits per heavy atom. The number of alkyl halides is 2. The summed E-state index contributed by atoms with van der Waals surface area (Å²) >= 11 is 8.52. The highest BCUT2D eigenvalue weighted by atomic mass is 79.9. The summed E-state index contributed by atoms with van der Waals surface area (Å²) in [6, 6.07) is 3.90. The van der Waals surface area contributed by atoms with Crippen molar-refractivity contribution < 1.29 is 13.9 Å². The van der Waals surface area contributed by atoms with E-state index < -0.39 is 12.5 Å². The second-order valence-corrected chi connectivity index (χ2v) is 3.78. The highest BCUT2D eigenvalue weighted by Crippen LogP contribution is 2.34. The average Bonchev–Trinajstić information content (AvgIpc) is 2.03. The van der Waals surface area contributed by atoms with Crippen LogP contribution in [0.4, 0.5) is 8.78 Å². The molecule has 0 amide bonds. The maximum atomic E-state index is 13.0. The molecule has 0 bridgehead atoms. The molecular formula is C8H6BrClF2O. The van der Waals surface area contributed by atoms with Crippen LogP contribution in [-0.2, 0) is 5.92 Å². The van der Waals surface area contributed by atoms with Crippen molar-refractivity contribution in [3.63, 3.8) is 0 Å². The molecule has 0 heterocycles. The molecule has 0 aliphatic rings. The lowest BCUT2D eigenvalue weighted by Crippen LogP contribution is -2.18. The molecule has 1 aromatic rings. The number of hydrogen-bond donors (Lipinski definition) is 1. The third-order valence-corrected chi connectivity index (χ3v) is 2.41. The van der Waals surface area contributed by atoms with Crippen LogP contribution in [0, 0.1) is 0 Å². The van der Waals surface area contributed by atoms with Crippen LogP contribution in [0.15, 0.2) is 22.7 Å². The Morgan fingerprint density at radius 1 is 1.46 bits per heavy atom. The fourth-order valence-corrected chi connectivity index (χ4v) is 1.84. The van der Waals surface area contributed by atoms with Gasteiger partial charge in [-0.2, -0.15) is 8.78 Å². The standard InChI is InChI=1S/C8H6BrClF2O/c9-7-3-5(10)1-2-6(7)8(11,12)4-13/h1-3,13H,4H2. The summed E-state index contributed by atoms with van der Waals surface area (Å²) in [5.41, 5.74) is -0.264. The van der Waals surface area contributed by atoms with Gasteiger partial charge in [-0.1, -0.05) is 33.6 Å². The number of aliphatic hydroxyl groups is 1. The largest absolute Gasteiger partial charge is 0.390 e. The molecule has 0 saturated carbocycles. The highest BCUT2D eigenvalue weighted by Gasteiger charge is 2.32. The zero-order valence-electron chi connectivity index (χ0n) is 6.40. The minimum atomic E-state index is -3.23. The number of rotatable bonds is 2. The van der Waals surface area contributed by atoms with Gasteiger partial charge in [0.25, 0.3) is 5.92 Å². The van der Waals surface area contributed by atoms with Crippen LogP contribution in [-0.4, -0.2) is 11.7 Å². The van der Waals surface area contributed by atoms with Crippen LogP contribution in [0.1, 0.15) is 5.56 Å². The summed E-state index contributed by atoms with van der Waals surface area (Å²) in [5, 5.41) is 8.80. The Bertz CT molecular complexity index is 317. The monoisotopic (exact) mass is 270 g/mol. The molecule has 0 atom stereocenters. The summed E-state index contributed by atoms with van der Waals surface area (Å²) in [5.74, 6) is -3.23. The molecule has 0 aromatic heterocycles. The van der Waals surface area contributed by atoms with Crippen molar-refractivity contribution in [2.24, 2.45) is 0 Å². The van der Waals surface area contributed by atoms with E-state index in [4.69, 9.17) is 16.7 Å². The molecule has 0 saturated heterocycles. The van der Waals surface area contributed by atoms with Gasteiger partial charge in [-0.15, -0.1) is 0 Å². The van der Waals surface area contributed by atoms with Crippen LogP contribution < -0.4 is 0 Å². The van der Waals surface area contributed by atoms with E-state index in [1.54, 1.807) is 0 Å². The van der Waals surface area contributed by atoms with Gasteiger partial charge in [0.15, 0.2) is 0 Å². The number of benzene rings is 1. The summed E-state index contributed by atoms with van der Waals surface area (Å²) in [6.45, 7) is -1.22. The van der Waals surface area contributed by atoms with Gasteiger partial charge in [0.05, 0.1) is 0 Å². The van der Waals surface area contributed by atoms with Gasteiger partial charge in [-0.25, -0.2) is 0 Å². The van der Waals surface area contributed by atoms with Crippen molar-refractivity contribution in [2.45, 2.75) is 5.92 Å². The lowest BCUT2D eigenvalue weighted by molar-refractivity contribution is -0.0562. The summed E-state index contributed by atoms with van der Waals surface area (Å²) in [6.07, 6.45) is 0. The van der Waals surface area contributed by atoms with E-state index in [0.29, 0.717) is 5.02 Å². The summed E-state index contributed by atoms with van der Waals surface area (Å²) in [4.78, 5) is 0. The van der Waals surface area contributed by atoms with E-state index in [9.17, 15) is 8.78 Å². The Kier molecular flexibility index (Phi) is 3.27. The van der Waals surface area contributed by atoms with Gasteiger partial charge in [0.1, 0.15) is 6.61 Å². The molecule has 1 nitrogen and oxygen atoms in total. The first-order valence-electron chi connectivity index (χ1n) is 3.41. The van der Waals surface area contributed by atoms with Crippen molar-refractivity contribution in [3.05, 3.63) is 33.3 Å². The predicted molar refractivity (Wildman–Crippen MR) is 50.1 cm³/mol. The number of halogens is 4. The molecule has 13 heavy (non-hydrogen) atoms. The highest BCUT2D eigenvalue weighted by molar-refractivity contribution is 9.10. The molecule has 0 fully saturated rings. The first-order chi connectivity index (χ1) is 5.97. The maximum absolute atomic E-state index is 13.0. The molecular weight excluding hydrogens is 265 g/mol. The molecule has 0 radical (unpaired) electrons. The lowest BCUT2D eigenvalue weighted by atomic mass is 10.1. The van der Waals surface area contributed by atoms with Crippen LogP contribution in [0.25, 0.3) is 0 Å². The number of aliphatic hydroxyl groups excluding tert-OH is 1. The second kappa shape index (κ2) is 3.90. The van der Waals surface area contributed by atoms with Crippen molar-refractivity contribution in [1.82, 2.24) is 0 Å². The van der Waals surface area contributed by atoms with Gasteiger partial charge < -0.3 is 5.11 Å². The first kappa shape index (κ1) is 10.9. The van der Waals surface area contributed by atoms with Crippen LogP contribution in [0.2, 0.25) is 5.02 Å². The predicted octanol–water partition coefficient (Wildman–Crippen LogP) is 3.19. The lowest BCUT2D eigenvalue weighted by Gasteiger charge is -2.15. The fraction of sp³-hybridized carbons (Fsp3) is 0.250. The van der Waals surface area contributed by atoms with Crippen molar-refractivity contribution in [3.8, 4) is 0 Å². The van der Waals surface area contributed by atoms with Gasteiger partial charge in [-0.3, -0.25) is 0 Å². The molecule has 0 spiro atoms. The fourth-order valence-electron chi connectivity index (χ4n) is 0.871. The van der Waals surface area contributed by atoms with E-state index in [-0.39, 0.29) is 10.0 Å². The molecule has 1 N–H and O–H groups in total. The Morgan fingerprint density at radius 2 is 2.08 bits per heavy atom. The van der Waals surface area contributed by atoms with Crippen LogP contribution in [0.3, 0.4) is 0 Å². The maximum Gasteiger partial charge on any atom is 0.296 e. The molecule has 0 aliphatic heterocycles. The van der Waals surface area contributed by atoms with E-state index in [1.807, 2.05) is 0 Å². The Balaban J connectivity index is 3.16. The zero-order chi connectivity index (χ0) is 10.1. The van der Waals surface area contributed by atoms with E-state index in [0.717, 1.165) is 0 Å². The Hall–Kier alpha value is -0.190. The van der Waals surface area contributed by atoms with Gasteiger partial charge in [0, 0.05) is 15.1 Å². The molecule has 1 aromatic carbocycles. The van der Waals surface area contributed by atoms with E-state index >= 15 is 0 Å². The molecule has 1 rings (SSSR count). The SMILES string of the molecule is OCC(F)(F)c1ccc(Cl)cc1Br. The smallest absolute Gasteiger partial charge is 0.296 e. The Labute approximate surface area is 87.5 Å². The zero-order valence-corrected chi connectivity index (χ0v) is 8.74. The van der Waals surface area contributed by atoms with Gasteiger partial charge in [-0.05, 0) is 12.1 Å². The second-order valence-electron chi connectivity index (χ2n) is 2.49. The minimum Gasteiger partial charge on any atom is -0.390 e. The third-order valence-electron chi connectivity index (χ3n) is 1.52. The topological polar surface area (TPSA) is 20.2 Å². The summed E-state index contributed by atoms with van der Waals surface area (Å²) in [7, 11) is 0. The van der Waals surface area contributed by atoms with Crippen molar-refractivity contribution in [1.29, 1.82) is 0 Å². The number of hydrogen-bond acceptors (Lipinski definition) is 1. The third kappa shape index (κ3) is 2.39. The van der Waals surface area contributed by atoms with Crippen molar-refractivity contribution >= 4 is 27.5 Å².